The molecule has 0 aliphatic rings. The van der Waals surface area contributed by atoms with Crippen LogP contribution >= 0.6 is 0 Å². The van der Waals surface area contributed by atoms with Crippen LogP contribution in [0.15, 0.2) is 79.1 Å². The third-order valence-corrected chi connectivity index (χ3v) is 6.15. The number of rotatable bonds is 1. The monoisotopic (exact) mass is 487 g/mol. The number of fused-ring (bicyclic) bond motifs is 9. The number of aryl methyl sites for hydroxylation is 1. The van der Waals surface area contributed by atoms with Gasteiger partial charge in [-0.3, -0.25) is 9.97 Å². The van der Waals surface area contributed by atoms with Gasteiger partial charge in [0.25, 0.3) is 0 Å². The summed E-state index contributed by atoms with van der Waals surface area (Å²) in [5.74, 6) is 0. The number of para-hydroxylation sites is 2. The van der Waals surface area contributed by atoms with E-state index < -0.39 is 0 Å². The normalized spacial score (nSPS) is 11.7. The maximum absolute atomic E-state index is 4.78. The van der Waals surface area contributed by atoms with E-state index in [1.165, 1.54) is 10.8 Å². The van der Waals surface area contributed by atoms with E-state index in [0.717, 1.165) is 49.6 Å². The molecule has 4 heterocycles. The second kappa shape index (κ2) is 7.19. The van der Waals surface area contributed by atoms with E-state index in [1.54, 1.807) is 0 Å². The van der Waals surface area contributed by atoms with Crippen LogP contribution < -0.4 is 0 Å². The summed E-state index contributed by atoms with van der Waals surface area (Å²) in [6, 6.07) is 23.2. The summed E-state index contributed by atoms with van der Waals surface area (Å²) >= 11 is 0. The van der Waals surface area contributed by atoms with Gasteiger partial charge in [-0.2, -0.15) is 0 Å². The van der Waals surface area contributed by atoms with Crippen molar-refractivity contribution in [2.45, 2.75) is 0 Å². The van der Waals surface area contributed by atoms with Crippen molar-refractivity contribution in [3.8, 4) is 5.69 Å². The average molecular weight is 487 g/mol. The number of pyridine rings is 2. The third-order valence-electron chi connectivity index (χ3n) is 6.15. The fourth-order valence-electron chi connectivity index (χ4n) is 4.88. The van der Waals surface area contributed by atoms with E-state index in [4.69, 9.17) is 4.98 Å². The van der Waals surface area contributed by atoms with Crippen LogP contribution in [0, 0.1) is 6.33 Å². The fourth-order valence-corrected chi connectivity index (χ4v) is 4.88. The van der Waals surface area contributed by atoms with E-state index in [-0.39, 0.29) is 32.7 Å². The van der Waals surface area contributed by atoms with Crippen LogP contribution in [0.5, 0.6) is 0 Å². The molecule has 5 nitrogen and oxygen atoms in total. The zero-order chi connectivity index (χ0) is 20.5. The van der Waals surface area contributed by atoms with Crippen molar-refractivity contribution in [1.82, 2.24) is 24.1 Å². The Labute approximate surface area is 208 Å². The summed E-state index contributed by atoms with van der Waals surface area (Å²) in [5, 5.41) is 4.49. The van der Waals surface area contributed by atoms with E-state index in [0.29, 0.717) is 0 Å². The van der Waals surface area contributed by atoms with Crippen LogP contribution in [0.3, 0.4) is 0 Å². The van der Waals surface area contributed by atoms with Gasteiger partial charge in [-0.1, -0.05) is 53.5 Å². The second-order valence-corrected chi connectivity index (χ2v) is 7.79. The summed E-state index contributed by atoms with van der Waals surface area (Å²) in [6.07, 6.45) is 6.80. The van der Waals surface area contributed by atoms with Crippen molar-refractivity contribution >= 4 is 54.6 Å². The molecule has 0 fully saturated rings. The molecule has 0 aliphatic heterocycles. The molecule has 0 bridgehead atoms. The molecule has 7 aromatic rings. The molecule has 4 aromatic heterocycles. The molecule has 0 aliphatic carbocycles. The Morgan fingerprint density at radius 2 is 1.34 bits per heavy atom. The first-order valence-corrected chi connectivity index (χ1v) is 10.2. The van der Waals surface area contributed by atoms with E-state index in [9.17, 15) is 0 Å². The Bertz CT molecular complexity index is 1760. The topological polar surface area (TPSA) is 48.5 Å². The quantitative estimate of drug-likeness (QED) is 0.225. The smallest absolute Gasteiger partial charge is 0.0863 e. The van der Waals surface area contributed by atoms with Gasteiger partial charge in [0.2, 0.25) is 0 Å². The van der Waals surface area contributed by atoms with Crippen molar-refractivity contribution < 1.29 is 32.7 Å². The van der Waals surface area contributed by atoms with Crippen molar-refractivity contribution in [2.75, 3.05) is 0 Å². The molecule has 0 unspecified atom stereocenters. The molecule has 1 radical (unpaired) electrons. The standard InChI is InChI=1S/C26H16N5.Y/c1-30-15-29-24-18-9-6-13-27-23(18)25-22(26(24)30)21(12-14-28-25)31-19-10-4-2-7-16(19)17-8-3-5-11-20(17)31;/h2-14H,1H3;/q-1;. The Kier molecular flexibility index (Phi) is 4.39. The Balaban J connectivity index is 0.00000196. The van der Waals surface area contributed by atoms with Gasteiger partial charge in [0, 0.05) is 67.9 Å². The largest absolute Gasteiger partial charge is 0.449 e. The van der Waals surface area contributed by atoms with Crippen LogP contribution in [-0.2, 0) is 39.8 Å². The summed E-state index contributed by atoms with van der Waals surface area (Å²) < 4.78 is 4.29. The van der Waals surface area contributed by atoms with Crippen molar-refractivity contribution in [3.05, 3.63) is 85.5 Å². The Hall–Kier alpha value is -3.15. The van der Waals surface area contributed by atoms with Crippen molar-refractivity contribution in [2.24, 2.45) is 7.05 Å². The molecule has 7 rings (SSSR count). The van der Waals surface area contributed by atoms with E-state index in [2.05, 4.69) is 81.5 Å². The summed E-state index contributed by atoms with van der Waals surface area (Å²) in [6.45, 7) is 0. The first kappa shape index (κ1) is 19.5. The van der Waals surface area contributed by atoms with Gasteiger partial charge in [0.15, 0.2) is 0 Å². The molecule has 0 saturated heterocycles. The number of hydrogen-bond donors (Lipinski definition) is 0. The maximum Gasteiger partial charge on any atom is 0.0863 e. The predicted octanol–water partition coefficient (Wildman–Crippen LogP) is 5.56. The van der Waals surface area contributed by atoms with Gasteiger partial charge < -0.3 is 14.1 Å². The SMILES string of the molecule is Cn1[c-]nc2c3cccnc3c3nccc(-n4c5ccccc5c5ccccc54)c3c21.[Y]. The minimum Gasteiger partial charge on any atom is -0.449 e. The molecule has 0 saturated carbocycles. The zero-order valence-electron chi connectivity index (χ0n) is 17.3. The molecule has 0 atom stereocenters. The van der Waals surface area contributed by atoms with Gasteiger partial charge >= 0.3 is 0 Å². The number of aromatic nitrogens is 5. The van der Waals surface area contributed by atoms with Gasteiger partial charge in [-0.05, 0) is 42.1 Å². The summed E-state index contributed by atoms with van der Waals surface area (Å²) in [5.41, 5.74) is 7.04. The maximum atomic E-state index is 4.78. The van der Waals surface area contributed by atoms with Crippen LogP contribution in [0.25, 0.3) is 60.3 Å². The Morgan fingerprint density at radius 1 is 0.688 bits per heavy atom. The summed E-state index contributed by atoms with van der Waals surface area (Å²) in [7, 11) is 1.99. The number of hydrogen-bond acceptors (Lipinski definition) is 3. The molecule has 0 amide bonds. The molecule has 6 heteroatoms. The van der Waals surface area contributed by atoms with Crippen molar-refractivity contribution in [1.29, 1.82) is 0 Å². The minimum atomic E-state index is 0. The van der Waals surface area contributed by atoms with Crippen LogP contribution in [0.1, 0.15) is 0 Å². The molecule has 32 heavy (non-hydrogen) atoms. The van der Waals surface area contributed by atoms with E-state index in [1.807, 2.05) is 30.1 Å². The first-order valence-electron chi connectivity index (χ1n) is 10.2. The van der Waals surface area contributed by atoms with Gasteiger partial charge in [-0.15, -0.1) is 0 Å². The zero-order valence-corrected chi connectivity index (χ0v) is 20.2. The number of nitrogens with zero attached hydrogens (tertiary/aromatic N) is 5. The second-order valence-electron chi connectivity index (χ2n) is 7.79. The van der Waals surface area contributed by atoms with Crippen LogP contribution in [0.2, 0.25) is 0 Å². The van der Waals surface area contributed by atoms with Gasteiger partial charge in [-0.25, -0.2) is 0 Å². The molecule has 3 aromatic carbocycles. The van der Waals surface area contributed by atoms with Gasteiger partial charge in [0.05, 0.1) is 22.1 Å². The minimum absolute atomic E-state index is 0. The molecule has 0 spiro atoms. The van der Waals surface area contributed by atoms with E-state index >= 15 is 0 Å². The summed E-state index contributed by atoms with van der Waals surface area (Å²) in [4.78, 5) is 14.1. The number of imidazole rings is 1. The molecule has 0 N–H and O–H groups in total. The van der Waals surface area contributed by atoms with Crippen LogP contribution in [-0.4, -0.2) is 24.1 Å². The van der Waals surface area contributed by atoms with Crippen LogP contribution in [0.4, 0.5) is 0 Å². The number of benzene rings is 3. The fraction of sp³-hybridized carbons (Fsp3) is 0.0385. The molecular weight excluding hydrogens is 471 g/mol. The first-order chi connectivity index (χ1) is 15.3. The predicted molar refractivity (Wildman–Crippen MR) is 124 cm³/mol. The Morgan fingerprint density at radius 3 is 2.09 bits per heavy atom. The molecular formula is C26H16N5Y-. The van der Waals surface area contributed by atoms with Gasteiger partial charge in [0.1, 0.15) is 0 Å². The average Bonchev–Trinajstić information content (AvgIpc) is 3.37. The van der Waals surface area contributed by atoms with Crippen molar-refractivity contribution in [3.63, 3.8) is 0 Å². The third kappa shape index (κ3) is 2.49. The molecule has 149 valence electrons.